The number of rotatable bonds is 5. The number of primary amides is 1. The number of carbonyl (C=O) groups is 1. The van der Waals surface area contributed by atoms with Crippen molar-refractivity contribution in [2.24, 2.45) is 5.73 Å². The molecule has 0 aromatic heterocycles. The molecule has 0 fully saturated rings. The normalized spacial score (nSPS) is 9.59. The first kappa shape index (κ1) is 12.6. The molecular weight excluding hydrogens is 222 g/mol. The first-order valence-electron chi connectivity index (χ1n) is 5.01. The highest BCUT2D eigenvalue weighted by Gasteiger charge is 2.16. The fourth-order valence-electron chi connectivity index (χ4n) is 1.55. The van der Waals surface area contributed by atoms with Gasteiger partial charge < -0.3 is 5.73 Å². The van der Waals surface area contributed by atoms with Crippen molar-refractivity contribution in [3.8, 4) is 6.07 Å². The molecule has 0 aliphatic rings. The zero-order valence-electron chi connectivity index (χ0n) is 9.05. The van der Waals surface area contributed by atoms with Crippen LogP contribution in [0.4, 0.5) is 5.69 Å². The van der Waals surface area contributed by atoms with Crippen LogP contribution in [0.25, 0.3) is 0 Å². The van der Waals surface area contributed by atoms with Gasteiger partial charge in [0.15, 0.2) is 0 Å². The monoisotopic (exact) mass is 233 g/mol. The maximum Gasteiger partial charge on any atom is 0.273 e. The minimum atomic E-state index is -0.527. The smallest absolute Gasteiger partial charge is 0.273 e. The van der Waals surface area contributed by atoms with Crippen LogP contribution in [-0.2, 0) is 11.2 Å². The number of amides is 1. The quantitative estimate of drug-likeness (QED) is 0.609. The average Bonchev–Trinajstić information content (AvgIpc) is 2.28. The summed E-state index contributed by atoms with van der Waals surface area (Å²) in [6.07, 6.45) is 0.842. The van der Waals surface area contributed by atoms with Gasteiger partial charge in [-0.25, -0.2) is 0 Å². The summed E-state index contributed by atoms with van der Waals surface area (Å²) in [6.45, 7) is 0. The van der Waals surface area contributed by atoms with Gasteiger partial charge in [-0.3, -0.25) is 14.9 Å². The van der Waals surface area contributed by atoms with Gasteiger partial charge in [-0.05, 0) is 18.9 Å². The Morgan fingerprint density at radius 2 is 2.24 bits per heavy atom. The summed E-state index contributed by atoms with van der Waals surface area (Å²) in [5.41, 5.74) is 5.53. The van der Waals surface area contributed by atoms with Gasteiger partial charge in [0.2, 0.25) is 5.91 Å². The summed E-state index contributed by atoms with van der Waals surface area (Å²) < 4.78 is 0. The van der Waals surface area contributed by atoms with Crippen molar-refractivity contribution < 1.29 is 9.72 Å². The van der Waals surface area contributed by atoms with Crippen molar-refractivity contribution in [2.75, 3.05) is 0 Å². The van der Waals surface area contributed by atoms with Crippen LogP contribution in [0.3, 0.4) is 0 Å². The molecule has 0 saturated carbocycles. The maximum atomic E-state index is 10.8. The Bertz CT molecular complexity index is 491. The third-order valence-electron chi connectivity index (χ3n) is 2.32. The van der Waals surface area contributed by atoms with Crippen LogP contribution in [0.15, 0.2) is 18.2 Å². The summed E-state index contributed by atoms with van der Waals surface area (Å²) >= 11 is 0. The zero-order valence-corrected chi connectivity index (χ0v) is 9.05. The first-order chi connectivity index (χ1) is 8.06. The summed E-state index contributed by atoms with van der Waals surface area (Å²) in [7, 11) is 0. The van der Waals surface area contributed by atoms with Crippen molar-refractivity contribution in [3.63, 3.8) is 0 Å². The number of nitro groups is 1. The molecule has 88 valence electrons. The SMILES string of the molecule is N#Cc1cccc([N+](=O)[O-])c1CCCC(N)=O. The molecule has 0 bridgehead atoms. The molecule has 1 aromatic carbocycles. The standard InChI is InChI=1S/C11H11N3O3/c12-7-8-3-1-5-10(14(16)17)9(8)4-2-6-11(13)15/h1,3,5H,2,4,6H2,(H2,13,15). The van der Waals surface area contributed by atoms with E-state index < -0.39 is 10.8 Å². The van der Waals surface area contributed by atoms with Crippen LogP contribution < -0.4 is 5.73 Å². The van der Waals surface area contributed by atoms with Crippen molar-refractivity contribution in [3.05, 3.63) is 39.4 Å². The number of benzene rings is 1. The highest BCUT2D eigenvalue weighted by atomic mass is 16.6. The van der Waals surface area contributed by atoms with Gasteiger partial charge in [0, 0.05) is 18.1 Å². The van der Waals surface area contributed by atoms with Gasteiger partial charge in [0.1, 0.15) is 0 Å². The minimum Gasteiger partial charge on any atom is -0.370 e. The lowest BCUT2D eigenvalue weighted by Crippen LogP contribution is -2.10. The van der Waals surface area contributed by atoms with E-state index in [1.807, 2.05) is 6.07 Å². The average molecular weight is 233 g/mol. The van der Waals surface area contributed by atoms with Gasteiger partial charge in [-0.1, -0.05) is 6.07 Å². The lowest BCUT2D eigenvalue weighted by atomic mass is 10.0. The van der Waals surface area contributed by atoms with Crippen LogP contribution in [0, 0.1) is 21.4 Å². The number of nitrogens with two attached hydrogens (primary N) is 1. The number of nitro benzene ring substituents is 1. The lowest BCUT2D eigenvalue weighted by molar-refractivity contribution is -0.385. The van der Waals surface area contributed by atoms with E-state index in [4.69, 9.17) is 11.0 Å². The van der Waals surface area contributed by atoms with Gasteiger partial charge in [0.25, 0.3) is 5.69 Å². The van der Waals surface area contributed by atoms with Crippen molar-refractivity contribution >= 4 is 11.6 Å². The highest BCUT2D eigenvalue weighted by molar-refractivity contribution is 5.73. The first-order valence-corrected chi connectivity index (χ1v) is 5.01. The zero-order chi connectivity index (χ0) is 12.8. The number of hydrogen-bond acceptors (Lipinski definition) is 4. The van der Waals surface area contributed by atoms with E-state index in [9.17, 15) is 14.9 Å². The molecule has 1 rings (SSSR count). The Labute approximate surface area is 97.8 Å². The van der Waals surface area contributed by atoms with Crippen LogP contribution in [-0.4, -0.2) is 10.8 Å². The molecule has 1 aromatic rings. The Hall–Kier alpha value is -2.42. The molecule has 6 heteroatoms. The van der Waals surface area contributed by atoms with Crippen LogP contribution in [0.5, 0.6) is 0 Å². The molecule has 0 aliphatic heterocycles. The van der Waals surface area contributed by atoms with Crippen molar-refractivity contribution in [2.45, 2.75) is 19.3 Å². The Balaban J connectivity index is 2.98. The van der Waals surface area contributed by atoms with E-state index in [1.165, 1.54) is 18.2 Å². The van der Waals surface area contributed by atoms with Crippen molar-refractivity contribution in [1.29, 1.82) is 5.26 Å². The number of hydrogen-bond donors (Lipinski definition) is 1. The van der Waals surface area contributed by atoms with E-state index in [1.54, 1.807) is 0 Å². The third kappa shape index (κ3) is 3.28. The molecule has 6 nitrogen and oxygen atoms in total. The molecule has 2 N–H and O–H groups in total. The van der Waals surface area contributed by atoms with E-state index in [0.29, 0.717) is 18.4 Å². The molecule has 0 unspecified atom stereocenters. The Kier molecular flexibility index (Phi) is 4.17. The van der Waals surface area contributed by atoms with Gasteiger partial charge in [-0.15, -0.1) is 0 Å². The fourth-order valence-corrected chi connectivity index (χ4v) is 1.55. The molecule has 0 heterocycles. The number of nitrogens with zero attached hydrogens (tertiary/aromatic N) is 2. The summed E-state index contributed by atoms with van der Waals surface area (Å²) in [4.78, 5) is 20.9. The van der Waals surface area contributed by atoms with Gasteiger partial charge >= 0.3 is 0 Å². The molecule has 0 radical (unpaired) electrons. The summed E-state index contributed by atoms with van der Waals surface area (Å²) in [5, 5.41) is 19.7. The topological polar surface area (TPSA) is 110 Å². The predicted octanol–water partition coefficient (Wildman–Crippen LogP) is 1.27. The summed E-state index contributed by atoms with van der Waals surface area (Å²) in [5.74, 6) is -0.456. The summed E-state index contributed by atoms with van der Waals surface area (Å²) in [6, 6.07) is 6.24. The highest BCUT2D eigenvalue weighted by Crippen LogP contribution is 2.23. The lowest BCUT2D eigenvalue weighted by Gasteiger charge is -2.04. The van der Waals surface area contributed by atoms with Crippen LogP contribution >= 0.6 is 0 Å². The number of nitriles is 1. The molecular formula is C11H11N3O3. The molecule has 1 amide bonds. The minimum absolute atomic E-state index is 0.0893. The molecule has 0 aliphatic carbocycles. The van der Waals surface area contributed by atoms with Crippen molar-refractivity contribution in [1.82, 2.24) is 0 Å². The van der Waals surface area contributed by atoms with Gasteiger partial charge in [0.05, 0.1) is 16.6 Å². The fraction of sp³-hybridized carbons (Fsp3) is 0.273. The van der Waals surface area contributed by atoms with E-state index in [2.05, 4.69) is 0 Å². The Morgan fingerprint density at radius 3 is 2.76 bits per heavy atom. The second-order valence-electron chi connectivity index (χ2n) is 3.49. The second-order valence-corrected chi connectivity index (χ2v) is 3.49. The molecule has 0 saturated heterocycles. The van der Waals surface area contributed by atoms with Crippen LogP contribution in [0.2, 0.25) is 0 Å². The Morgan fingerprint density at radius 1 is 1.53 bits per heavy atom. The largest absolute Gasteiger partial charge is 0.370 e. The van der Waals surface area contributed by atoms with Gasteiger partial charge in [-0.2, -0.15) is 5.26 Å². The van der Waals surface area contributed by atoms with E-state index >= 15 is 0 Å². The maximum absolute atomic E-state index is 10.8. The third-order valence-corrected chi connectivity index (χ3v) is 2.32. The second kappa shape index (κ2) is 5.61. The number of carbonyl (C=O) groups excluding carboxylic acids is 1. The predicted molar refractivity (Wildman–Crippen MR) is 59.9 cm³/mol. The molecule has 17 heavy (non-hydrogen) atoms. The van der Waals surface area contributed by atoms with Crippen LogP contribution in [0.1, 0.15) is 24.0 Å². The van der Waals surface area contributed by atoms with E-state index in [0.717, 1.165) is 0 Å². The molecule has 0 atom stereocenters. The van der Waals surface area contributed by atoms with E-state index in [-0.39, 0.29) is 17.7 Å². The molecule has 0 spiro atoms.